The number of rotatable bonds is 6. The molecule has 1 aliphatic rings. The van der Waals surface area contributed by atoms with Crippen LogP contribution in [-0.4, -0.2) is 48.5 Å². The number of carbonyl (C=O) groups is 1. The van der Waals surface area contributed by atoms with Gasteiger partial charge in [0.15, 0.2) is 0 Å². The zero-order valence-electron chi connectivity index (χ0n) is 16.0. The standard InChI is InChI=1S/C20H28N4O.2ClH/c1-15(24-13-9-16(10-14-24)8-12-21-2)20(25)23-19-7-3-6-18-17(19)5-4-11-22-18;;/h3-7,11,15-16,21H,8-10,12-14H2,1-2H3,(H,23,25);2*1H. The third kappa shape index (κ3) is 6.04. The molecule has 0 spiro atoms. The first-order chi connectivity index (χ1) is 12.2. The van der Waals surface area contributed by atoms with Crippen molar-refractivity contribution in [3.05, 3.63) is 36.5 Å². The molecule has 2 heterocycles. The first-order valence-corrected chi connectivity index (χ1v) is 9.22. The normalized spacial score (nSPS) is 16.2. The largest absolute Gasteiger partial charge is 0.324 e. The van der Waals surface area contributed by atoms with E-state index in [-0.39, 0.29) is 36.8 Å². The summed E-state index contributed by atoms with van der Waals surface area (Å²) in [5, 5.41) is 7.31. The quantitative estimate of drug-likeness (QED) is 0.758. The lowest BCUT2D eigenvalue weighted by Crippen LogP contribution is -2.46. The van der Waals surface area contributed by atoms with Gasteiger partial charge in [0.1, 0.15) is 0 Å². The highest BCUT2D eigenvalue weighted by Gasteiger charge is 2.26. The van der Waals surface area contributed by atoms with Gasteiger partial charge in [-0.3, -0.25) is 14.7 Å². The van der Waals surface area contributed by atoms with Crippen LogP contribution in [0.1, 0.15) is 26.2 Å². The lowest BCUT2D eigenvalue weighted by atomic mass is 9.93. The minimum Gasteiger partial charge on any atom is -0.324 e. The van der Waals surface area contributed by atoms with Crippen LogP contribution in [0.5, 0.6) is 0 Å². The molecule has 27 heavy (non-hydrogen) atoms. The highest BCUT2D eigenvalue weighted by molar-refractivity contribution is 6.02. The summed E-state index contributed by atoms with van der Waals surface area (Å²) in [5.74, 6) is 0.841. The van der Waals surface area contributed by atoms with Crippen molar-refractivity contribution in [3.63, 3.8) is 0 Å². The second-order valence-electron chi connectivity index (χ2n) is 6.91. The smallest absolute Gasteiger partial charge is 0.241 e. The van der Waals surface area contributed by atoms with Crippen molar-refractivity contribution in [1.82, 2.24) is 15.2 Å². The molecule has 1 amide bonds. The zero-order chi connectivity index (χ0) is 17.6. The van der Waals surface area contributed by atoms with Crippen LogP contribution >= 0.6 is 24.8 Å². The maximum atomic E-state index is 12.7. The Labute approximate surface area is 174 Å². The van der Waals surface area contributed by atoms with E-state index in [1.165, 1.54) is 19.3 Å². The number of anilines is 1. The number of hydrogen-bond acceptors (Lipinski definition) is 4. The topological polar surface area (TPSA) is 57.3 Å². The maximum Gasteiger partial charge on any atom is 0.241 e. The molecule has 2 aromatic rings. The van der Waals surface area contributed by atoms with E-state index >= 15 is 0 Å². The number of carbonyl (C=O) groups excluding carboxylic acids is 1. The van der Waals surface area contributed by atoms with Gasteiger partial charge >= 0.3 is 0 Å². The van der Waals surface area contributed by atoms with Gasteiger partial charge in [-0.1, -0.05) is 6.07 Å². The Hall–Kier alpha value is -1.40. The average Bonchev–Trinajstić information content (AvgIpc) is 2.66. The molecule has 0 bridgehead atoms. The van der Waals surface area contributed by atoms with Gasteiger partial charge in [-0.05, 0) is 83.1 Å². The summed E-state index contributed by atoms with van der Waals surface area (Å²) in [6.45, 7) is 5.09. The van der Waals surface area contributed by atoms with Crippen molar-refractivity contribution in [1.29, 1.82) is 0 Å². The molecule has 0 radical (unpaired) electrons. The molecule has 0 aliphatic carbocycles. The fraction of sp³-hybridized carbons (Fsp3) is 0.500. The molecule has 2 N–H and O–H groups in total. The molecule has 1 aromatic carbocycles. The second kappa shape index (κ2) is 11.4. The number of aromatic nitrogens is 1. The molecule has 150 valence electrons. The first-order valence-electron chi connectivity index (χ1n) is 9.22. The van der Waals surface area contributed by atoms with E-state index in [1.807, 2.05) is 44.3 Å². The Morgan fingerprint density at radius 2 is 1.96 bits per heavy atom. The molecule has 1 unspecified atom stereocenters. The van der Waals surface area contributed by atoms with E-state index in [0.717, 1.165) is 42.1 Å². The minimum atomic E-state index is -0.114. The van der Waals surface area contributed by atoms with Crippen LogP contribution in [0.4, 0.5) is 5.69 Å². The Morgan fingerprint density at radius 3 is 2.67 bits per heavy atom. The fourth-order valence-electron chi connectivity index (χ4n) is 3.59. The van der Waals surface area contributed by atoms with Gasteiger partial charge in [0.25, 0.3) is 0 Å². The van der Waals surface area contributed by atoms with Crippen LogP contribution in [0.15, 0.2) is 36.5 Å². The van der Waals surface area contributed by atoms with Crippen LogP contribution in [0.2, 0.25) is 0 Å². The van der Waals surface area contributed by atoms with Crippen molar-refractivity contribution in [2.24, 2.45) is 5.92 Å². The summed E-state index contributed by atoms with van der Waals surface area (Å²) >= 11 is 0. The van der Waals surface area contributed by atoms with E-state index in [2.05, 4.69) is 20.5 Å². The van der Waals surface area contributed by atoms with Crippen molar-refractivity contribution in [2.75, 3.05) is 32.0 Å². The molecule has 1 atom stereocenters. The predicted octanol–water partition coefficient (Wildman–Crippen LogP) is 3.73. The Bertz CT molecular complexity index is 715. The Kier molecular flexibility index (Phi) is 10.0. The number of amides is 1. The highest BCUT2D eigenvalue weighted by atomic mass is 35.5. The number of pyridine rings is 1. The molecular formula is C20H30Cl2N4O. The Morgan fingerprint density at radius 1 is 1.22 bits per heavy atom. The van der Waals surface area contributed by atoms with E-state index in [4.69, 9.17) is 0 Å². The summed E-state index contributed by atoms with van der Waals surface area (Å²) in [6, 6.07) is 9.62. The van der Waals surface area contributed by atoms with E-state index in [9.17, 15) is 4.79 Å². The van der Waals surface area contributed by atoms with Crippen LogP contribution in [0.25, 0.3) is 10.9 Å². The summed E-state index contributed by atoms with van der Waals surface area (Å²) in [4.78, 5) is 19.4. The van der Waals surface area contributed by atoms with Gasteiger partial charge in [-0.15, -0.1) is 24.8 Å². The number of halogens is 2. The summed E-state index contributed by atoms with van der Waals surface area (Å²) in [7, 11) is 2.00. The van der Waals surface area contributed by atoms with E-state index in [1.54, 1.807) is 6.20 Å². The molecular weight excluding hydrogens is 383 g/mol. The van der Waals surface area contributed by atoms with Gasteiger partial charge in [-0.25, -0.2) is 0 Å². The number of benzene rings is 1. The second-order valence-corrected chi connectivity index (χ2v) is 6.91. The number of hydrogen-bond donors (Lipinski definition) is 2. The summed E-state index contributed by atoms with van der Waals surface area (Å²) in [5.41, 5.74) is 1.74. The lowest BCUT2D eigenvalue weighted by Gasteiger charge is -2.35. The fourth-order valence-corrected chi connectivity index (χ4v) is 3.59. The maximum absolute atomic E-state index is 12.7. The van der Waals surface area contributed by atoms with Gasteiger partial charge in [-0.2, -0.15) is 0 Å². The van der Waals surface area contributed by atoms with Crippen LogP contribution < -0.4 is 10.6 Å². The molecule has 3 rings (SSSR count). The minimum absolute atomic E-state index is 0. The molecule has 0 saturated carbocycles. The lowest BCUT2D eigenvalue weighted by molar-refractivity contribution is -0.121. The monoisotopic (exact) mass is 412 g/mol. The number of nitrogens with one attached hydrogen (secondary N) is 2. The third-order valence-electron chi connectivity index (χ3n) is 5.28. The van der Waals surface area contributed by atoms with Crippen LogP contribution in [0, 0.1) is 5.92 Å². The summed E-state index contributed by atoms with van der Waals surface area (Å²) in [6.07, 6.45) is 5.36. The van der Waals surface area contributed by atoms with Crippen molar-refractivity contribution in [2.45, 2.75) is 32.2 Å². The number of piperidine rings is 1. The third-order valence-corrected chi connectivity index (χ3v) is 5.28. The zero-order valence-corrected chi connectivity index (χ0v) is 17.6. The molecule has 1 saturated heterocycles. The van der Waals surface area contributed by atoms with E-state index in [0.29, 0.717) is 0 Å². The van der Waals surface area contributed by atoms with Crippen LogP contribution in [-0.2, 0) is 4.79 Å². The van der Waals surface area contributed by atoms with Crippen molar-refractivity contribution < 1.29 is 4.79 Å². The molecule has 1 fully saturated rings. The molecule has 1 aromatic heterocycles. The molecule has 7 heteroatoms. The average molecular weight is 413 g/mol. The number of fused-ring (bicyclic) bond motifs is 1. The SMILES string of the molecule is CNCCC1CCN(C(C)C(=O)Nc2cccc3ncccc23)CC1.Cl.Cl. The number of nitrogens with zero attached hydrogens (tertiary/aromatic N) is 2. The highest BCUT2D eigenvalue weighted by Crippen LogP contribution is 2.24. The summed E-state index contributed by atoms with van der Waals surface area (Å²) < 4.78 is 0. The van der Waals surface area contributed by atoms with Gasteiger partial charge in [0, 0.05) is 11.6 Å². The molecule has 1 aliphatic heterocycles. The molecule has 5 nitrogen and oxygen atoms in total. The van der Waals surface area contributed by atoms with Gasteiger partial charge < -0.3 is 10.6 Å². The van der Waals surface area contributed by atoms with Crippen LogP contribution in [0.3, 0.4) is 0 Å². The first kappa shape index (κ1) is 23.6. The predicted molar refractivity (Wildman–Crippen MR) is 117 cm³/mol. The number of likely N-dealkylation sites (tertiary alicyclic amines) is 1. The van der Waals surface area contributed by atoms with Crippen molar-refractivity contribution >= 4 is 47.3 Å². The van der Waals surface area contributed by atoms with Crippen molar-refractivity contribution in [3.8, 4) is 0 Å². The Balaban J connectivity index is 0.00000182. The van der Waals surface area contributed by atoms with E-state index < -0.39 is 0 Å². The van der Waals surface area contributed by atoms with Gasteiger partial charge in [0.2, 0.25) is 5.91 Å². The van der Waals surface area contributed by atoms with Gasteiger partial charge in [0.05, 0.1) is 17.2 Å².